The van der Waals surface area contributed by atoms with Gasteiger partial charge in [0.1, 0.15) is 0 Å². The van der Waals surface area contributed by atoms with Crippen molar-refractivity contribution in [1.82, 2.24) is 15.5 Å². The van der Waals surface area contributed by atoms with Gasteiger partial charge < -0.3 is 9.84 Å². The summed E-state index contributed by atoms with van der Waals surface area (Å²) in [5.41, 5.74) is 0.463. The first-order chi connectivity index (χ1) is 8.01. The van der Waals surface area contributed by atoms with Crippen LogP contribution in [-0.4, -0.2) is 23.2 Å². The van der Waals surface area contributed by atoms with E-state index in [0.29, 0.717) is 11.3 Å². The van der Waals surface area contributed by atoms with Gasteiger partial charge in [0.2, 0.25) is 5.89 Å². The lowest BCUT2D eigenvalue weighted by Crippen LogP contribution is -2.29. The molecule has 4 nitrogen and oxygen atoms in total. The van der Waals surface area contributed by atoms with E-state index < -0.39 is 0 Å². The molecular weight excluding hydrogens is 214 g/mol. The van der Waals surface area contributed by atoms with Crippen molar-refractivity contribution in [3.05, 3.63) is 11.7 Å². The Balaban J connectivity index is 1.76. The summed E-state index contributed by atoms with van der Waals surface area (Å²) in [6.45, 7) is 8.63. The first-order valence-electron chi connectivity index (χ1n) is 6.56. The van der Waals surface area contributed by atoms with Gasteiger partial charge in [0.15, 0.2) is 5.82 Å². The second kappa shape index (κ2) is 3.55. The number of nitrogens with one attached hydrogen (secondary N) is 1. The quantitative estimate of drug-likeness (QED) is 0.811. The highest BCUT2D eigenvalue weighted by atomic mass is 16.5. The highest BCUT2D eigenvalue weighted by Gasteiger charge is 2.57. The first kappa shape index (κ1) is 11.2. The van der Waals surface area contributed by atoms with Gasteiger partial charge in [-0.15, -0.1) is 0 Å². The molecule has 1 aliphatic heterocycles. The summed E-state index contributed by atoms with van der Waals surface area (Å²) >= 11 is 0. The minimum atomic E-state index is -0.0159. The van der Waals surface area contributed by atoms with Crippen LogP contribution >= 0.6 is 0 Å². The van der Waals surface area contributed by atoms with E-state index in [-0.39, 0.29) is 5.41 Å². The zero-order valence-corrected chi connectivity index (χ0v) is 10.9. The lowest BCUT2D eigenvalue weighted by Gasteiger charge is -2.22. The van der Waals surface area contributed by atoms with Crippen LogP contribution in [0.1, 0.15) is 57.7 Å². The van der Waals surface area contributed by atoms with E-state index in [1.54, 1.807) is 0 Å². The van der Waals surface area contributed by atoms with Gasteiger partial charge in [0.25, 0.3) is 0 Å². The molecule has 2 aliphatic rings. The Bertz CT molecular complexity index is 413. The summed E-state index contributed by atoms with van der Waals surface area (Å²) < 4.78 is 5.46. The van der Waals surface area contributed by atoms with Crippen LogP contribution in [-0.2, 0) is 5.41 Å². The van der Waals surface area contributed by atoms with Crippen LogP contribution in [0, 0.1) is 5.41 Å². The van der Waals surface area contributed by atoms with Crippen molar-refractivity contribution in [2.75, 3.05) is 13.1 Å². The summed E-state index contributed by atoms with van der Waals surface area (Å²) in [5, 5.41) is 7.54. The van der Waals surface area contributed by atoms with E-state index in [9.17, 15) is 0 Å². The van der Waals surface area contributed by atoms with E-state index in [4.69, 9.17) is 4.52 Å². The van der Waals surface area contributed by atoms with Gasteiger partial charge in [-0.1, -0.05) is 25.9 Å². The molecule has 1 aromatic heterocycles. The molecule has 94 valence electrons. The van der Waals surface area contributed by atoms with Crippen molar-refractivity contribution in [3.8, 4) is 0 Å². The topological polar surface area (TPSA) is 51.0 Å². The molecule has 0 aromatic carbocycles. The Labute approximate surface area is 102 Å². The maximum atomic E-state index is 5.46. The molecule has 1 aliphatic carbocycles. The third-order valence-corrected chi connectivity index (χ3v) is 4.20. The zero-order valence-electron chi connectivity index (χ0n) is 10.9. The third kappa shape index (κ3) is 1.88. The van der Waals surface area contributed by atoms with Gasteiger partial charge in [-0.2, -0.15) is 4.98 Å². The van der Waals surface area contributed by atoms with E-state index in [1.807, 2.05) is 0 Å². The van der Waals surface area contributed by atoms with Crippen LogP contribution in [0.3, 0.4) is 0 Å². The minimum absolute atomic E-state index is 0.0159. The lowest BCUT2D eigenvalue weighted by molar-refractivity contribution is 0.308. The van der Waals surface area contributed by atoms with E-state index in [0.717, 1.165) is 24.8 Å². The number of piperidine rings is 1. The molecule has 1 N–H and O–H groups in total. The van der Waals surface area contributed by atoms with Crippen molar-refractivity contribution in [1.29, 1.82) is 0 Å². The van der Waals surface area contributed by atoms with Crippen LogP contribution in [0.2, 0.25) is 0 Å². The molecule has 4 heteroatoms. The van der Waals surface area contributed by atoms with Crippen LogP contribution in [0.15, 0.2) is 4.52 Å². The summed E-state index contributed by atoms with van der Waals surface area (Å²) in [6.07, 6.45) is 3.75. The monoisotopic (exact) mass is 235 g/mol. The number of hydrogen-bond acceptors (Lipinski definition) is 4. The molecule has 0 radical (unpaired) electrons. The fraction of sp³-hybridized carbons (Fsp3) is 0.846. The van der Waals surface area contributed by atoms with Crippen LogP contribution in [0.4, 0.5) is 0 Å². The molecular formula is C13H21N3O. The van der Waals surface area contributed by atoms with Gasteiger partial charge >= 0.3 is 0 Å². The molecule has 1 saturated heterocycles. The SMILES string of the molecule is CC(C)(C)c1noc(C2CC23CCNCC3)n1. The Morgan fingerprint density at radius 2 is 2.00 bits per heavy atom. The van der Waals surface area contributed by atoms with Crippen LogP contribution in [0.25, 0.3) is 0 Å². The van der Waals surface area contributed by atoms with Gasteiger partial charge in [0, 0.05) is 11.3 Å². The van der Waals surface area contributed by atoms with Crippen molar-refractivity contribution >= 4 is 0 Å². The van der Waals surface area contributed by atoms with Crippen molar-refractivity contribution in [2.24, 2.45) is 5.41 Å². The molecule has 1 spiro atoms. The Kier molecular flexibility index (Phi) is 2.34. The fourth-order valence-corrected chi connectivity index (χ4v) is 2.86. The Morgan fingerprint density at radius 3 is 2.59 bits per heavy atom. The molecule has 17 heavy (non-hydrogen) atoms. The van der Waals surface area contributed by atoms with Gasteiger partial charge in [-0.05, 0) is 37.8 Å². The Hall–Kier alpha value is -0.900. The second-order valence-corrected chi connectivity index (χ2v) is 6.58. The molecule has 1 atom stereocenters. The normalized spacial score (nSPS) is 27.4. The molecule has 1 aromatic rings. The van der Waals surface area contributed by atoms with Crippen molar-refractivity contribution in [2.45, 2.75) is 51.4 Å². The molecule has 0 amide bonds. The smallest absolute Gasteiger partial charge is 0.230 e. The zero-order chi connectivity index (χ0) is 12.1. The Morgan fingerprint density at radius 1 is 1.29 bits per heavy atom. The van der Waals surface area contributed by atoms with Crippen LogP contribution in [0.5, 0.6) is 0 Å². The average molecular weight is 235 g/mol. The molecule has 2 fully saturated rings. The molecule has 0 bridgehead atoms. The average Bonchev–Trinajstić information content (AvgIpc) is 2.78. The summed E-state index contributed by atoms with van der Waals surface area (Å²) in [5.74, 6) is 2.23. The summed E-state index contributed by atoms with van der Waals surface area (Å²) in [7, 11) is 0. The standard InChI is InChI=1S/C13H21N3O/c1-12(2,3)11-15-10(17-16-11)9-8-13(9)4-6-14-7-5-13/h9,14H,4-8H2,1-3H3. The number of hydrogen-bond donors (Lipinski definition) is 1. The second-order valence-electron chi connectivity index (χ2n) is 6.58. The first-order valence-corrected chi connectivity index (χ1v) is 6.56. The van der Waals surface area contributed by atoms with Gasteiger partial charge in [-0.25, -0.2) is 0 Å². The minimum Gasteiger partial charge on any atom is -0.339 e. The maximum Gasteiger partial charge on any atom is 0.230 e. The van der Waals surface area contributed by atoms with E-state index in [1.165, 1.54) is 19.3 Å². The van der Waals surface area contributed by atoms with E-state index in [2.05, 4.69) is 36.2 Å². The maximum absolute atomic E-state index is 5.46. The predicted octanol–water partition coefficient (Wildman–Crippen LogP) is 2.22. The lowest BCUT2D eigenvalue weighted by atomic mass is 9.92. The largest absolute Gasteiger partial charge is 0.339 e. The summed E-state index contributed by atoms with van der Waals surface area (Å²) in [6, 6.07) is 0. The fourth-order valence-electron chi connectivity index (χ4n) is 2.86. The highest BCUT2D eigenvalue weighted by Crippen LogP contribution is 2.63. The predicted molar refractivity (Wildman–Crippen MR) is 64.9 cm³/mol. The third-order valence-electron chi connectivity index (χ3n) is 4.20. The van der Waals surface area contributed by atoms with Crippen LogP contribution < -0.4 is 5.32 Å². The number of rotatable bonds is 1. The summed E-state index contributed by atoms with van der Waals surface area (Å²) in [4.78, 5) is 4.59. The molecule has 2 heterocycles. The highest BCUT2D eigenvalue weighted by molar-refractivity contribution is 5.18. The number of nitrogens with zero attached hydrogens (tertiary/aromatic N) is 2. The van der Waals surface area contributed by atoms with E-state index >= 15 is 0 Å². The van der Waals surface area contributed by atoms with Crippen molar-refractivity contribution in [3.63, 3.8) is 0 Å². The van der Waals surface area contributed by atoms with Gasteiger partial charge in [-0.3, -0.25) is 0 Å². The number of aromatic nitrogens is 2. The molecule has 1 saturated carbocycles. The van der Waals surface area contributed by atoms with Crippen molar-refractivity contribution < 1.29 is 4.52 Å². The molecule has 3 rings (SSSR count). The molecule has 1 unspecified atom stereocenters. The van der Waals surface area contributed by atoms with Gasteiger partial charge in [0.05, 0.1) is 0 Å².